The Morgan fingerprint density at radius 2 is 2.12 bits per heavy atom. The number of nitrogens with zero attached hydrogens (tertiary/aromatic N) is 6. The molecular weight excluding hydrogens is 326 g/mol. The molecule has 0 atom stereocenters. The molecule has 10 nitrogen and oxygen atoms in total. The Hall–Kier alpha value is -3.87. The van der Waals surface area contributed by atoms with Gasteiger partial charge in [0.1, 0.15) is 18.1 Å². The van der Waals surface area contributed by atoms with Gasteiger partial charge < -0.3 is 19.8 Å². The Labute approximate surface area is 142 Å². The van der Waals surface area contributed by atoms with Crippen LogP contribution in [0.25, 0.3) is 11.4 Å². The van der Waals surface area contributed by atoms with Crippen molar-refractivity contribution in [3.8, 4) is 23.2 Å². The van der Waals surface area contributed by atoms with Crippen molar-refractivity contribution >= 4 is 11.7 Å². The first-order valence-electron chi connectivity index (χ1n) is 7.01. The number of tetrazole rings is 1. The highest BCUT2D eigenvalue weighted by Crippen LogP contribution is 2.30. The fourth-order valence-electron chi connectivity index (χ4n) is 2.39. The fourth-order valence-corrected chi connectivity index (χ4v) is 2.39. The number of carbonyl (C=O) groups excluding carboxylic acids is 1. The van der Waals surface area contributed by atoms with Crippen LogP contribution in [0.3, 0.4) is 0 Å². The molecule has 2 aromatic heterocycles. The summed E-state index contributed by atoms with van der Waals surface area (Å²) in [4.78, 5) is 12.2. The third-order valence-corrected chi connectivity index (χ3v) is 3.58. The Kier molecular flexibility index (Phi) is 4.05. The number of carbonyl (C=O) groups is 1. The molecule has 0 fully saturated rings. The van der Waals surface area contributed by atoms with Crippen molar-refractivity contribution in [1.82, 2.24) is 24.8 Å². The topological polar surface area (TPSA) is 134 Å². The summed E-state index contributed by atoms with van der Waals surface area (Å²) in [7, 11) is 2.75. The van der Waals surface area contributed by atoms with Gasteiger partial charge in [-0.1, -0.05) is 0 Å². The molecule has 0 amide bonds. The number of nitrogens with two attached hydrogens (primary N) is 1. The summed E-state index contributed by atoms with van der Waals surface area (Å²) in [6.07, 6.45) is 2.85. The smallest absolute Gasteiger partial charge is 0.357 e. The molecule has 10 heteroatoms. The third kappa shape index (κ3) is 2.63. The van der Waals surface area contributed by atoms with Crippen molar-refractivity contribution in [2.45, 2.75) is 0 Å². The second kappa shape index (κ2) is 6.32. The van der Waals surface area contributed by atoms with Gasteiger partial charge in [-0.2, -0.15) is 9.94 Å². The summed E-state index contributed by atoms with van der Waals surface area (Å²) in [5.41, 5.74) is 7.18. The minimum absolute atomic E-state index is 0.0276. The van der Waals surface area contributed by atoms with Crippen LogP contribution in [0.1, 0.15) is 16.1 Å². The molecule has 126 valence electrons. The zero-order valence-electron chi connectivity index (χ0n) is 13.4. The van der Waals surface area contributed by atoms with E-state index in [0.717, 1.165) is 0 Å². The summed E-state index contributed by atoms with van der Waals surface area (Å²) in [5, 5.41) is 20.3. The van der Waals surface area contributed by atoms with Gasteiger partial charge in [0.2, 0.25) is 0 Å². The minimum Gasteiger partial charge on any atom is -0.497 e. The molecule has 0 aliphatic carbocycles. The number of esters is 1. The molecule has 0 unspecified atom stereocenters. The van der Waals surface area contributed by atoms with E-state index in [1.807, 2.05) is 6.07 Å². The van der Waals surface area contributed by atoms with Gasteiger partial charge in [-0.25, -0.2) is 4.79 Å². The highest BCUT2D eigenvalue weighted by atomic mass is 16.5. The van der Waals surface area contributed by atoms with E-state index < -0.39 is 5.97 Å². The molecule has 2 heterocycles. The van der Waals surface area contributed by atoms with Crippen LogP contribution in [0, 0.1) is 11.3 Å². The van der Waals surface area contributed by atoms with Crippen LogP contribution in [0.15, 0.2) is 30.7 Å². The van der Waals surface area contributed by atoms with Gasteiger partial charge in [-0.3, -0.25) is 0 Å². The van der Waals surface area contributed by atoms with Crippen LogP contribution in [-0.4, -0.2) is 45.0 Å². The van der Waals surface area contributed by atoms with E-state index in [0.29, 0.717) is 17.1 Å². The first-order chi connectivity index (χ1) is 12.1. The number of anilines is 1. The molecule has 25 heavy (non-hydrogen) atoms. The average molecular weight is 339 g/mol. The summed E-state index contributed by atoms with van der Waals surface area (Å²) in [5.74, 6) is -0.141. The van der Waals surface area contributed by atoms with Crippen LogP contribution in [0.4, 0.5) is 5.69 Å². The maximum atomic E-state index is 12.2. The number of aromatic nitrogens is 5. The number of nitriles is 1. The molecule has 0 aliphatic rings. The predicted molar refractivity (Wildman–Crippen MR) is 85.5 cm³/mol. The quantitative estimate of drug-likeness (QED) is 0.687. The molecule has 0 bridgehead atoms. The molecule has 0 saturated carbocycles. The van der Waals surface area contributed by atoms with Crippen LogP contribution < -0.4 is 10.5 Å². The molecular formula is C15H13N7O3. The van der Waals surface area contributed by atoms with Crippen molar-refractivity contribution in [2.75, 3.05) is 20.0 Å². The van der Waals surface area contributed by atoms with E-state index in [1.54, 1.807) is 18.2 Å². The number of ether oxygens (including phenoxy) is 2. The first kappa shape index (κ1) is 16.0. The predicted octanol–water partition coefficient (Wildman–Crippen LogP) is 0.702. The van der Waals surface area contributed by atoms with Crippen molar-refractivity contribution in [1.29, 1.82) is 5.26 Å². The molecule has 0 spiro atoms. The van der Waals surface area contributed by atoms with E-state index in [9.17, 15) is 10.1 Å². The summed E-state index contributed by atoms with van der Waals surface area (Å²) in [6, 6.07) is 7.06. The maximum Gasteiger partial charge on any atom is 0.357 e. The van der Waals surface area contributed by atoms with Gasteiger partial charge in [0.05, 0.1) is 36.8 Å². The molecule has 3 rings (SSSR count). The number of hydrogen-bond acceptors (Lipinski definition) is 8. The zero-order valence-corrected chi connectivity index (χ0v) is 13.4. The van der Waals surface area contributed by atoms with Gasteiger partial charge >= 0.3 is 5.97 Å². The van der Waals surface area contributed by atoms with Crippen molar-refractivity contribution in [3.63, 3.8) is 0 Å². The number of hydrogen-bond donors (Lipinski definition) is 1. The van der Waals surface area contributed by atoms with Crippen LogP contribution in [-0.2, 0) is 4.74 Å². The molecule has 0 radical (unpaired) electrons. The van der Waals surface area contributed by atoms with Crippen molar-refractivity contribution < 1.29 is 14.3 Å². The largest absolute Gasteiger partial charge is 0.497 e. The average Bonchev–Trinajstić information content (AvgIpc) is 3.28. The van der Waals surface area contributed by atoms with E-state index in [2.05, 4.69) is 15.5 Å². The fraction of sp³-hybridized carbons (Fsp3) is 0.133. The van der Waals surface area contributed by atoms with E-state index >= 15 is 0 Å². The summed E-state index contributed by atoms with van der Waals surface area (Å²) < 4.78 is 12.9. The lowest BCUT2D eigenvalue weighted by Crippen LogP contribution is -2.13. The highest BCUT2D eigenvalue weighted by molar-refractivity contribution is 5.96. The van der Waals surface area contributed by atoms with E-state index in [1.165, 1.54) is 36.0 Å². The number of benzene rings is 1. The molecule has 2 N–H and O–H groups in total. The lowest BCUT2D eigenvalue weighted by atomic mass is 10.2. The van der Waals surface area contributed by atoms with E-state index in [4.69, 9.17) is 15.2 Å². The lowest BCUT2D eigenvalue weighted by molar-refractivity contribution is 0.0593. The Morgan fingerprint density at radius 3 is 2.72 bits per heavy atom. The van der Waals surface area contributed by atoms with E-state index in [-0.39, 0.29) is 16.9 Å². The first-order valence-corrected chi connectivity index (χ1v) is 7.01. The summed E-state index contributed by atoms with van der Waals surface area (Å²) >= 11 is 0. The van der Waals surface area contributed by atoms with Crippen LogP contribution in [0.5, 0.6) is 5.75 Å². The lowest BCUT2D eigenvalue weighted by Gasteiger charge is -2.14. The zero-order chi connectivity index (χ0) is 18.0. The normalized spacial score (nSPS) is 10.3. The molecule has 3 aromatic rings. The van der Waals surface area contributed by atoms with Gasteiger partial charge in [0.15, 0.2) is 5.69 Å². The second-order valence-electron chi connectivity index (χ2n) is 4.89. The second-order valence-corrected chi connectivity index (χ2v) is 4.89. The van der Waals surface area contributed by atoms with Crippen LogP contribution >= 0.6 is 0 Å². The van der Waals surface area contributed by atoms with Crippen LogP contribution in [0.2, 0.25) is 0 Å². The maximum absolute atomic E-state index is 12.2. The van der Waals surface area contributed by atoms with Gasteiger partial charge in [0, 0.05) is 12.3 Å². The molecule has 0 aliphatic heterocycles. The van der Waals surface area contributed by atoms with Crippen molar-refractivity contribution in [3.05, 3.63) is 42.0 Å². The van der Waals surface area contributed by atoms with Gasteiger partial charge in [-0.05, 0) is 22.6 Å². The Balaban J connectivity index is 2.33. The summed E-state index contributed by atoms with van der Waals surface area (Å²) in [6.45, 7) is 0. The molecule has 1 aromatic carbocycles. The van der Waals surface area contributed by atoms with Crippen molar-refractivity contribution in [2.24, 2.45) is 0 Å². The number of rotatable bonds is 4. The Bertz CT molecular complexity index is 970. The standard InChI is InChI=1S/C15H13N7O3/c1-24-10-3-4-11(22-8-18-19-20-22)12(5-10)21-7-9(6-16)13(17)14(21)15(23)25-2/h3-5,7-8H,17H2,1-2H3. The Morgan fingerprint density at radius 1 is 1.32 bits per heavy atom. The SMILES string of the molecule is COC(=O)c1c(N)c(C#N)cn1-c1cc(OC)ccc1-n1cnnn1. The third-order valence-electron chi connectivity index (χ3n) is 3.58. The monoisotopic (exact) mass is 339 g/mol. The number of methoxy groups -OCH3 is 2. The number of nitrogen functional groups attached to an aromatic ring is 1. The molecule has 0 saturated heterocycles. The highest BCUT2D eigenvalue weighted by Gasteiger charge is 2.24. The van der Waals surface area contributed by atoms with Gasteiger partial charge in [-0.15, -0.1) is 5.10 Å². The van der Waals surface area contributed by atoms with Gasteiger partial charge in [0.25, 0.3) is 0 Å². The minimum atomic E-state index is -0.676.